The summed E-state index contributed by atoms with van der Waals surface area (Å²) in [6.07, 6.45) is -12.1. The Bertz CT molecular complexity index is 1520. The summed E-state index contributed by atoms with van der Waals surface area (Å²) in [6, 6.07) is 5.20. The van der Waals surface area contributed by atoms with Gasteiger partial charge in [0.15, 0.2) is 9.84 Å². The van der Waals surface area contributed by atoms with Crippen LogP contribution in [0.15, 0.2) is 53.4 Å². The molecule has 6 nitrogen and oxygen atoms in total. The molecule has 4 rings (SSSR count). The maximum atomic E-state index is 14.6. The third-order valence-corrected chi connectivity index (χ3v) is 11.9. The third-order valence-electron chi connectivity index (χ3n) is 7.82. The zero-order valence-corrected chi connectivity index (χ0v) is 22.8. The number of likely N-dealkylation sites (tertiary alicyclic amines) is 1. The Labute approximate surface area is 230 Å². The smallest absolute Gasteiger partial charge is 0.340 e. The van der Waals surface area contributed by atoms with Crippen LogP contribution in [0.2, 0.25) is 0 Å². The van der Waals surface area contributed by atoms with E-state index in [0.29, 0.717) is 12.1 Å². The first-order valence-corrected chi connectivity index (χ1v) is 15.5. The van der Waals surface area contributed by atoms with Crippen LogP contribution in [0.1, 0.15) is 30.4 Å². The SMILES string of the molecule is CS(=O)(=O)C1CC(C(=O)N2CCC(c3ccc(C(F)(C(F)(F)F)C(F)(F)F)cc3)(S(=O)(=O)c3ccc(F)cc3)C2)C1. The molecule has 1 amide bonds. The fraction of sp³-hybridized carbons (Fsp3) is 0.480. The van der Waals surface area contributed by atoms with Gasteiger partial charge in [0, 0.05) is 30.8 Å². The average Bonchev–Trinajstić information content (AvgIpc) is 3.28. The van der Waals surface area contributed by atoms with Gasteiger partial charge in [0.1, 0.15) is 20.4 Å². The van der Waals surface area contributed by atoms with Crippen LogP contribution in [0, 0.1) is 11.7 Å². The number of nitrogens with zero attached hydrogens (tertiary/aromatic N) is 1. The van der Waals surface area contributed by atoms with Crippen LogP contribution in [-0.4, -0.2) is 64.6 Å². The van der Waals surface area contributed by atoms with Crippen molar-refractivity contribution in [1.82, 2.24) is 4.90 Å². The van der Waals surface area contributed by atoms with E-state index in [1.807, 2.05) is 0 Å². The monoisotopic (exact) mass is 633 g/mol. The van der Waals surface area contributed by atoms with Gasteiger partial charge in [-0.05, 0) is 49.1 Å². The predicted octanol–water partition coefficient (Wildman–Crippen LogP) is 4.84. The summed E-state index contributed by atoms with van der Waals surface area (Å²) in [7, 11) is -7.99. The Kier molecular flexibility index (Phi) is 7.55. The molecule has 0 spiro atoms. The summed E-state index contributed by atoms with van der Waals surface area (Å²) < 4.78 is 157. The van der Waals surface area contributed by atoms with Gasteiger partial charge in [0.25, 0.3) is 0 Å². The van der Waals surface area contributed by atoms with Crippen LogP contribution in [0.4, 0.5) is 35.1 Å². The molecule has 0 N–H and O–H groups in total. The van der Waals surface area contributed by atoms with Crippen molar-refractivity contribution in [2.45, 2.75) is 52.2 Å². The van der Waals surface area contributed by atoms with E-state index in [0.717, 1.165) is 35.4 Å². The lowest BCUT2D eigenvalue weighted by Crippen LogP contribution is -2.50. The van der Waals surface area contributed by atoms with Gasteiger partial charge in [-0.15, -0.1) is 0 Å². The van der Waals surface area contributed by atoms with Crippen LogP contribution in [0.25, 0.3) is 0 Å². The summed E-state index contributed by atoms with van der Waals surface area (Å²) in [5, 5.41) is -0.748. The normalized spacial score (nSPS) is 24.3. The molecule has 1 saturated heterocycles. The zero-order chi connectivity index (χ0) is 30.8. The number of amides is 1. The van der Waals surface area contributed by atoms with Crippen molar-refractivity contribution in [3.8, 4) is 0 Å². The van der Waals surface area contributed by atoms with Gasteiger partial charge < -0.3 is 4.90 Å². The number of hydrogen-bond acceptors (Lipinski definition) is 5. The lowest BCUT2D eigenvalue weighted by atomic mass is 9.83. The molecule has 1 atom stereocenters. The maximum absolute atomic E-state index is 14.6. The average molecular weight is 634 g/mol. The summed E-state index contributed by atoms with van der Waals surface area (Å²) >= 11 is 0. The molecule has 41 heavy (non-hydrogen) atoms. The second-order valence-electron chi connectivity index (χ2n) is 10.3. The highest BCUT2D eigenvalue weighted by molar-refractivity contribution is 7.92. The lowest BCUT2D eigenvalue weighted by molar-refractivity contribution is -0.348. The first-order valence-electron chi connectivity index (χ1n) is 12.1. The first-order chi connectivity index (χ1) is 18.6. The van der Waals surface area contributed by atoms with Crippen LogP contribution in [0.3, 0.4) is 0 Å². The summed E-state index contributed by atoms with van der Waals surface area (Å²) in [4.78, 5) is 13.8. The number of alkyl halides is 7. The quantitative estimate of drug-likeness (QED) is 0.336. The van der Waals surface area contributed by atoms with Crippen molar-refractivity contribution in [2.75, 3.05) is 19.3 Å². The molecule has 2 fully saturated rings. The van der Waals surface area contributed by atoms with Crippen LogP contribution < -0.4 is 0 Å². The van der Waals surface area contributed by atoms with Crippen molar-refractivity contribution >= 4 is 25.6 Å². The van der Waals surface area contributed by atoms with E-state index in [4.69, 9.17) is 0 Å². The van der Waals surface area contributed by atoms with Crippen LogP contribution >= 0.6 is 0 Å². The summed E-state index contributed by atoms with van der Waals surface area (Å²) in [6.45, 7) is -0.774. The van der Waals surface area contributed by atoms with Crippen molar-refractivity contribution in [1.29, 1.82) is 0 Å². The zero-order valence-electron chi connectivity index (χ0n) is 21.1. The maximum Gasteiger partial charge on any atom is 0.435 e. The Morgan fingerprint density at radius 3 is 1.83 bits per heavy atom. The molecule has 1 saturated carbocycles. The van der Waals surface area contributed by atoms with Gasteiger partial charge in [-0.25, -0.2) is 25.6 Å². The Hall–Kier alpha value is -2.75. The van der Waals surface area contributed by atoms with Crippen molar-refractivity contribution in [2.24, 2.45) is 5.92 Å². The van der Waals surface area contributed by atoms with E-state index in [1.54, 1.807) is 0 Å². The number of benzene rings is 2. The standard InChI is InChI=1S/C25H23F8NO5S2/c1-40(36,37)20-12-15(13-20)21(35)34-11-10-22(14-34,41(38,39)19-8-6-18(26)7-9-19)16-2-4-17(5-3-16)23(27,24(28,29)30)25(31,32)33/h2-9,15,20H,10-14H2,1H3. The molecule has 16 heteroatoms. The van der Waals surface area contributed by atoms with Gasteiger partial charge in [-0.3, -0.25) is 4.79 Å². The molecule has 1 aliphatic carbocycles. The minimum atomic E-state index is -6.38. The largest absolute Gasteiger partial charge is 0.435 e. The summed E-state index contributed by atoms with van der Waals surface area (Å²) in [5.41, 5.74) is -7.86. The second kappa shape index (κ2) is 9.92. The Balaban J connectivity index is 1.76. The second-order valence-corrected chi connectivity index (χ2v) is 14.9. The third kappa shape index (κ3) is 5.10. The Morgan fingerprint density at radius 2 is 1.37 bits per heavy atom. The van der Waals surface area contributed by atoms with Gasteiger partial charge in [-0.2, -0.15) is 26.3 Å². The first kappa shape index (κ1) is 31.2. The van der Waals surface area contributed by atoms with E-state index in [9.17, 15) is 56.8 Å². The van der Waals surface area contributed by atoms with E-state index in [2.05, 4.69) is 0 Å². The van der Waals surface area contributed by atoms with Gasteiger partial charge >= 0.3 is 18.0 Å². The number of halogens is 8. The molecule has 2 aliphatic rings. The molecular formula is C25H23F8NO5S2. The van der Waals surface area contributed by atoms with Crippen molar-refractivity contribution < 1.29 is 56.8 Å². The fourth-order valence-electron chi connectivity index (χ4n) is 5.29. The van der Waals surface area contributed by atoms with Crippen molar-refractivity contribution in [3.63, 3.8) is 0 Å². The van der Waals surface area contributed by atoms with Crippen LogP contribution in [0.5, 0.6) is 0 Å². The highest BCUT2D eigenvalue weighted by atomic mass is 32.2. The van der Waals surface area contributed by atoms with Crippen LogP contribution in [-0.2, 0) is 34.9 Å². The number of carbonyl (C=O) groups is 1. The number of sulfone groups is 2. The molecule has 0 radical (unpaired) electrons. The van der Waals surface area contributed by atoms with Gasteiger partial charge in [0.05, 0.1) is 10.1 Å². The summed E-state index contributed by atoms with van der Waals surface area (Å²) in [5.74, 6) is -2.07. The topological polar surface area (TPSA) is 88.6 Å². The predicted molar refractivity (Wildman–Crippen MR) is 129 cm³/mol. The van der Waals surface area contributed by atoms with E-state index in [-0.39, 0.29) is 43.5 Å². The molecule has 1 unspecified atom stereocenters. The highest BCUT2D eigenvalue weighted by Crippen LogP contribution is 2.54. The minimum absolute atomic E-state index is 0.00798. The molecule has 0 aromatic heterocycles. The molecule has 1 aliphatic heterocycles. The van der Waals surface area contributed by atoms with E-state index in [1.165, 1.54) is 0 Å². The molecule has 1 heterocycles. The Morgan fingerprint density at radius 1 is 0.854 bits per heavy atom. The molecular weight excluding hydrogens is 610 g/mol. The fourth-order valence-corrected chi connectivity index (χ4v) is 8.53. The van der Waals surface area contributed by atoms with E-state index >= 15 is 0 Å². The molecule has 2 aromatic rings. The van der Waals surface area contributed by atoms with E-state index < -0.39 is 82.3 Å². The minimum Gasteiger partial charge on any atom is -0.340 e. The van der Waals surface area contributed by atoms with Gasteiger partial charge in [-0.1, -0.05) is 24.3 Å². The highest BCUT2D eigenvalue weighted by Gasteiger charge is 2.73. The molecule has 2 aromatic carbocycles. The lowest BCUT2D eigenvalue weighted by Gasteiger charge is -2.36. The molecule has 0 bridgehead atoms. The van der Waals surface area contributed by atoms with Crippen molar-refractivity contribution in [3.05, 3.63) is 65.5 Å². The molecule has 226 valence electrons. The number of carbonyl (C=O) groups excluding carboxylic acids is 1. The number of rotatable bonds is 6. The number of hydrogen-bond donors (Lipinski definition) is 0. The van der Waals surface area contributed by atoms with Gasteiger partial charge in [0.2, 0.25) is 5.91 Å².